The van der Waals surface area contributed by atoms with Gasteiger partial charge in [0.15, 0.2) is 11.7 Å². The molecule has 0 bridgehead atoms. The minimum atomic E-state index is -1.18. The summed E-state index contributed by atoms with van der Waals surface area (Å²) >= 11 is 5.84. The molecule has 1 aromatic rings. The fourth-order valence-electron chi connectivity index (χ4n) is 3.07. The zero-order chi connectivity index (χ0) is 17.4. The van der Waals surface area contributed by atoms with Gasteiger partial charge in [0.25, 0.3) is 0 Å². The number of rotatable bonds is 7. The van der Waals surface area contributed by atoms with Crippen molar-refractivity contribution in [2.24, 2.45) is 5.92 Å². The number of carbonyl (C=O) groups is 2. The largest absolute Gasteiger partial charge is 0.352 e. The van der Waals surface area contributed by atoms with Crippen molar-refractivity contribution >= 4 is 23.3 Å². The molecule has 0 aliphatic heterocycles. The maximum atomic E-state index is 12.2. The van der Waals surface area contributed by atoms with Crippen LogP contribution in [0.25, 0.3) is 0 Å². The number of aryl methyl sites for hydroxylation is 1. The second-order valence-corrected chi connectivity index (χ2v) is 6.79. The van der Waals surface area contributed by atoms with E-state index in [0.29, 0.717) is 11.4 Å². The lowest BCUT2D eigenvalue weighted by atomic mass is 9.93. The standard InChI is InChI=1S/C19H23ClN2O2/c20-15-11-9-14(10-12-15)5-4-8-18(23)17(13-21)19(24)22-16-6-2-1-3-7-16/h9-12,16-17H,1-8H2,(H,22,24). The molecule has 0 spiro atoms. The predicted octanol–water partition coefficient (Wildman–Crippen LogP) is 3.82. The van der Waals surface area contributed by atoms with Crippen LogP contribution in [0.4, 0.5) is 0 Å². The number of Topliss-reactive ketones (excluding diaryl/α,β-unsaturated/α-hetero) is 1. The van der Waals surface area contributed by atoms with E-state index in [1.165, 1.54) is 6.42 Å². The van der Waals surface area contributed by atoms with Gasteiger partial charge < -0.3 is 5.32 Å². The minimum Gasteiger partial charge on any atom is -0.352 e. The van der Waals surface area contributed by atoms with Crippen molar-refractivity contribution in [3.8, 4) is 6.07 Å². The number of nitriles is 1. The van der Waals surface area contributed by atoms with Crippen LogP contribution >= 0.6 is 11.6 Å². The molecule has 1 N–H and O–H groups in total. The average molecular weight is 347 g/mol. The highest BCUT2D eigenvalue weighted by atomic mass is 35.5. The number of hydrogen-bond acceptors (Lipinski definition) is 3. The molecule has 5 heteroatoms. The number of carbonyl (C=O) groups excluding carboxylic acids is 2. The first-order valence-electron chi connectivity index (χ1n) is 8.57. The maximum absolute atomic E-state index is 12.2. The number of nitrogens with one attached hydrogen (secondary N) is 1. The quantitative estimate of drug-likeness (QED) is 0.763. The van der Waals surface area contributed by atoms with Gasteiger partial charge >= 0.3 is 0 Å². The van der Waals surface area contributed by atoms with E-state index in [9.17, 15) is 14.9 Å². The molecule has 0 heterocycles. The lowest BCUT2D eigenvalue weighted by molar-refractivity contribution is -0.132. The summed E-state index contributed by atoms with van der Waals surface area (Å²) in [6, 6.07) is 9.45. The van der Waals surface area contributed by atoms with Crippen molar-refractivity contribution in [2.45, 2.75) is 57.4 Å². The normalized spacial score (nSPS) is 16.2. The van der Waals surface area contributed by atoms with Gasteiger partial charge in [-0.3, -0.25) is 9.59 Å². The molecule has 1 amide bonds. The molecular formula is C19H23ClN2O2. The van der Waals surface area contributed by atoms with Crippen LogP contribution in [-0.2, 0) is 16.0 Å². The van der Waals surface area contributed by atoms with Gasteiger partial charge in [-0.05, 0) is 43.4 Å². The molecule has 1 aliphatic rings. The van der Waals surface area contributed by atoms with Crippen LogP contribution in [0.2, 0.25) is 5.02 Å². The van der Waals surface area contributed by atoms with Crippen LogP contribution in [-0.4, -0.2) is 17.7 Å². The number of benzene rings is 1. The number of halogens is 1. The third-order valence-corrected chi connectivity index (χ3v) is 4.72. The molecule has 1 saturated carbocycles. The number of ketones is 1. The van der Waals surface area contributed by atoms with Crippen molar-refractivity contribution in [1.29, 1.82) is 5.26 Å². The van der Waals surface area contributed by atoms with Crippen LogP contribution < -0.4 is 5.32 Å². The van der Waals surface area contributed by atoms with E-state index in [1.807, 2.05) is 30.3 Å². The monoisotopic (exact) mass is 346 g/mol. The Balaban J connectivity index is 1.78. The van der Waals surface area contributed by atoms with Gasteiger partial charge in [0.2, 0.25) is 5.91 Å². The first-order chi connectivity index (χ1) is 11.6. The number of hydrogen-bond donors (Lipinski definition) is 1. The second-order valence-electron chi connectivity index (χ2n) is 6.35. The van der Waals surface area contributed by atoms with Gasteiger partial charge in [-0.25, -0.2) is 0 Å². The molecule has 0 aromatic heterocycles. The Kier molecular flexibility index (Phi) is 7.27. The fourth-order valence-corrected chi connectivity index (χ4v) is 3.20. The molecule has 1 aromatic carbocycles. The van der Waals surface area contributed by atoms with E-state index < -0.39 is 11.8 Å². The van der Waals surface area contributed by atoms with Crippen molar-refractivity contribution in [1.82, 2.24) is 5.32 Å². The van der Waals surface area contributed by atoms with Gasteiger partial charge in [0, 0.05) is 17.5 Å². The van der Waals surface area contributed by atoms with Crippen molar-refractivity contribution in [3.63, 3.8) is 0 Å². The Hall–Kier alpha value is -1.86. The summed E-state index contributed by atoms with van der Waals surface area (Å²) in [5, 5.41) is 12.7. The van der Waals surface area contributed by atoms with Gasteiger partial charge in [-0.15, -0.1) is 0 Å². The minimum absolute atomic E-state index is 0.115. The molecule has 0 saturated heterocycles. The maximum Gasteiger partial charge on any atom is 0.245 e. The molecule has 1 aliphatic carbocycles. The summed E-state index contributed by atoms with van der Waals surface area (Å²) in [4.78, 5) is 24.4. The highest BCUT2D eigenvalue weighted by Gasteiger charge is 2.28. The lowest BCUT2D eigenvalue weighted by Gasteiger charge is -2.23. The van der Waals surface area contributed by atoms with E-state index in [0.717, 1.165) is 37.7 Å². The number of amides is 1. The highest BCUT2D eigenvalue weighted by Crippen LogP contribution is 2.18. The smallest absolute Gasteiger partial charge is 0.245 e. The second kappa shape index (κ2) is 9.44. The first kappa shape index (κ1) is 18.5. The summed E-state index contributed by atoms with van der Waals surface area (Å²) in [5.74, 6) is -1.90. The van der Waals surface area contributed by atoms with Gasteiger partial charge in [0.1, 0.15) is 0 Å². The zero-order valence-corrected chi connectivity index (χ0v) is 14.5. The third kappa shape index (κ3) is 5.65. The Morgan fingerprint density at radius 2 is 1.88 bits per heavy atom. The molecule has 1 fully saturated rings. The Morgan fingerprint density at radius 3 is 2.50 bits per heavy atom. The van der Waals surface area contributed by atoms with E-state index in [4.69, 9.17) is 11.6 Å². The van der Waals surface area contributed by atoms with Crippen molar-refractivity contribution in [2.75, 3.05) is 0 Å². The van der Waals surface area contributed by atoms with Crippen LogP contribution in [0.1, 0.15) is 50.5 Å². The third-order valence-electron chi connectivity index (χ3n) is 4.47. The summed E-state index contributed by atoms with van der Waals surface area (Å²) in [5.41, 5.74) is 1.09. The molecular weight excluding hydrogens is 324 g/mol. The summed E-state index contributed by atoms with van der Waals surface area (Å²) in [6.45, 7) is 0. The Bertz CT molecular complexity index is 601. The summed E-state index contributed by atoms with van der Waals surface area (Å²) < 4.78 is 0. The van der Waals surface area contributed by atoms with Crippen molar-refractivity contribution in [3.05, 3.63) is 34.9 Å². The Morgan fingerprint density at radius 1 is 1.21 bits per heavy atom. The van der Waals surface area contributed by atoms with Crippen LogP contribution in [0.5, 0.6) is 0 Å². The molecule has 2 rings (SSSR count). The highest BCUT2D eigenvalue weighted by molar-refractivity contribution is 6.30. The topological polar surface area (TPSA) is 70.0 Å². The summed E-state index contributed by atoms with van der Waals surface area (Å²) in [6.07, 6.45) is 6.84. The van der Waals surface area contributed by atoms with E-state index in [1.54, 1.807) is 0 Å². The molecule has 4 nitrogen and oxygen atoms in total. The van der Waals surface area contributed by atoms with E-state index in [2.05, 4.69) is 5.32 Å². The fraction of sp³-hybridized carbons (Fsp3) is 0.526. The molecule has 1 atom stereocenters. The average Bonchev–Trinajstić information content (AvgIpc) is 2.58. The van der Waals surface area contributed by atoms with Crippen molar-refractivity contribution < 1.29 is 9.59 Å². The SMILES string of the molecule is N#CC(C(=O)CCCc1ccc(Cl)cc1)C(=O)NC1CCCCC1. The van der Waals surface area contributed by atoms with Gasteiger partial charge in [-0.2, -0.15) is 5.26 Å². The number of nitrogens with zero attached hydrogens (tertiary/aromatic N) is 1. The van der Waals surface area contributed by atoms with Crippen LogP contribution in [0, 0.1) is 17.2 Å². The van der Waals surface area contributed by atoms with Gasteiger partial charge in [0.05, 0.1) is 6.07 Å². The van der Waals surface area contributed by atoms with Gasteiger partial charge in [-0.1, -0.05) is 43.0 Å². The molecule has 128 valence electrons. The molecule has 1 unspecified atom stereocenters. The Labute approximate surface area is 148 Å². The predicted molar refractivity (Wildman–Crippen MR) is 93.5 cm³/mol. The first-order valence-corrected chi connectivity index (χ1v) is 8.95. The van der Waals surface area contributed by atoms with E-state index >= 15 is 0 Å². The summed E-state index contributed by atoms with van der Waals surface area (Å²) in [7, 11) is 0. The molecule has 24 heavy (non-hydrogen) atoms. The zero-order valence-electron chi connectivity index (χ0n) is 13.8. The van der Waals surface area contributed by atoms with Crippen LogP contribution in [0.3, 0.4) is 0 Å². The van der Waals surface area contributed by atoms with Crippen LogP contribution in [0.15, 0.2) is 24.3 Å². The molecule has 0 radical (unpaired) electrons. The van der Waals surface area contributed by atoms with E-state index in [-0.39, 0.29) is 18.2 Å². The lowest BCUT2D eigenvalue weighted by Crippen LogP contribution is -2.42.